The molecule has 2 aromatic rings. The monoisotopic (exact) mass is 432 g/mol. The van der Waals surface area contributed by atoms with Gasteiger partial charge in [-0.25, -0.2) is 0 Å². The third kappa shape index (κ3) is 5.33. The van der Waals surface area contributed by atoms with E-state index in [-0.39, 0.29) is 17.8 Å². The molecule has 0 aromatic heterocycles. The average molecular weight is 433 g/mol. The maximum atomic E-state index is 13.1. The molecule has 2 aromatic carbocycles. The van der Waals surface area contributed by atoms with Crippen LogP contribution in [0.1, 0.15) is 36.8 Å². The van der Waals surface area contributed by atoms with Gasteiger partial charge in [-0.05, 0) is 75.0 Å². The Bertz CT molecular complexity index is 786. The Morgan fingerprint density at radius 2 is 1.52 bits per heavy atom. The smallest absolute Gasteiger partial charge is 0.229 e. The van der Waals surface area contributed by atoms with Crippen molar-refractivity contribution in [2.75, 3.05) is 26.2 Å². The van der Waals surface area contributed by atoms with Gasteiger partial charge in [-0.1, -0.05) is 54.1 Å². The van der Waals surface area contributed by atoms with Crippen LogP contribution in [0, 0.1) is 5.41 Å². The number of nitrogens with zero attached hydrogens (tertiary/aromatic N) is 2. The van der Waals surface area contributed by atoms with Crippen LogP contribution in [-0.2, 0) is 17.8 Å². The largest absolute Gasteiger partial charge is 0.338 e. The first-order chi connectivity index (χ1) is 13.6. The van der Waals surface area contributed by atoms with Crippen molar-refractivity contribution in [1.82, 2.24) is 9.80 Å². The molecule has 156 valence electrons. The Kier molecular flexibility index (Phi) is 7.61. The molecule has 5 heteroatoms. The van der Waals surface area contributed by atoms with E-state index in [0.717, 1.165) is 62.4 Å². The highest BCUT2D eigenvalue weighted by Crippen LogP contribution is 2.42. The number of halogens is 2. The lowest BCUT2D eigenvalue weighted by Crippen LogP contribution is -2.44. The van der Waals surface area contributed by atoms with Crippen molar-refractivity contribution in [3.05, 3.63) is 70.7 Å². The number of carbonyl (C=O) groups is 1. The predicted molar refractivity (Wildman–Crippen MR) is 122 cm³/mol. The second-order valence-corrected chi connectivity index (χ2v) is 8.75. The lowest BCUT2D eigenvalue weighted by molar-refractivity contribution is -0.138. The highest BCUT2D eigenvalue weighted by molar-refractivity contribution is 6.30. The SMILES string of the molecule is Cl.O=C1N(Cc2ccc(Cl)cc2)CCC12CCN(CCCc1ccccc1)CC2. The maximum absolute atomic E-state index is 13.1. The minimum atomic E-state index is -0.109. The van der Waals surface area contributed by atoms with E-state index in [1.54, 1.807) is 0 Å². The molecular formula is C24H30Cl2N2O. The molecular weight excluding hydrogens is 403 g/mol. The Morgan fingerprint density at radius 3 is 2.21 bits per heavy atom. The molecule has 4 rings (SSSR count). The van der Waals surface area contributed by atoms with Gasteiger partial charge < -0.3 is 9.80 Å². The lowest BCUT2D eigenvalue weighted by Gasteiger charge is -2.38. The number of likely N-dealkylation sites (tertiary alicyclic amines) is 2. The van der Waals surface area contributed by atoms with Crippen molar-refractivity contribution in [3.63, 3.8) is 0 Å². The molecule has 2 fully saturated rings. The normalized spacial score (nSPS) is 18.8. The molecule has 0 unspecified atom stereocenters. The summed E-state index contributed by atoms with van der Waals surface area (Å²) in [5.41, 5.74) is 2.47. The highest BCUT2D eigenvalue weighted by Gasteiger charge is 2.47. The van der Waals surface area contributed by atoms with Crippen LogP contribution in [0.3, 0.4) is 0 Å². The van der Waals surface area contributed by atoms with Crippen LogP contribution < -0.4 is 0 Å². The Balaban J connectivity index is 0.00000240. The van der Waals surface area contributed by atoms with Gasteiger partial charge in [-0.2, -0.15) is 0 Å². The summed E-state index contributed by atoms with van der Waals surface area (Å²) in [4.78, 5) is 17.7. The minimum absolute atomic E-state index is 0. The number of benzene rings is 2. The maximum Gasteiger partial charge on any atom is 0.229 e. The fraction of sp³-hybridized carbons (Fsp3) is 0.458. The second kappa shape index (κ2) is 9.97. The minimum Gasteiger partial charge on any atom is -0.338 e. The van der Waals surface area contributed by atoms with Gasteiger partial charge in [0.2, 0.25) is 5.91 Å². The summed E-state index contributed by atoms with van der Waals surface area (Å²) in [5, 5.41) is 0.743. The topological polar surface area (TPSA) is 23.6 Å². The summed E-state index contributed by atoms with van der Waals surface area (Å²) < 4.78 is 0. The highest BCUT2D eigenvalue weighted by atomic mass is 35.5. The van der Waals surface area contributed by atoms with Crippen LogP contribution in [0.4, 0.5) is 0 Å². The summed E-state index contributed by atoms with van der Waals surface area (Å²) in [6.45, 7) is 4.83. The molecule has 2 heterocycles. The second-order valence-electron chi connectivity index (χ2n) is 8.31. The van der Waals surface area contributed by atoms with E-state index >= 15 is 0 Å². The van der Waals surface area contributed by atoms with Gasteiger partial charge in [0.05, 0.1) is 5.41 Å². The number of rotatable bonds is 6. The number of carbonyl (C=O) groups excluding carboxylic acids is 1. The van der Waals surface area contributed by atoms with E-state index in [0.29, 0.717) is 12.5 Å². The summed E-state index contributed by atoms with van der Waals surface area (Å²) in [5.74, 6) is 0.367. The fourth-order valence-corrected chi connectivity index (χ4v) is 4.80. The first-order valence-corrected chi connectivity index (χ1v) is 10.8. The van der Waals surface area contributed by atoms with Crippen LogP contribution in [0.15, 0.2) is 54.6 Å². The van der Waals surface area contributed by atoms with Crippen molar-refractivity contribution in [1.29, 1.82) is 0 Å². The van der Waals surface area contributed by atoms with Gasteiger partial charge in [-0.15, -0.1) is 12.4 Å². The first kappa shape index (κ1) is 22.1. The number of aryl methyl sites for hydroxylation is 1. The number of piperidine rings is 1. The number of hydrogen-bond acceptors (Lipinski definition) is 2. The molecule has 2 saturated heterocycles. The van der Waals surface area contributed by atoms with Crippen molar-refractivity contribution in [2.24, 2.45) is 5.41 Å². The Morgan fingerprint density at radius 1 is 0.862 bits per heavy atom. The molecule has 2 aliphatic heterocycles. The van der Waals surface area contributed by atoms with Crippen molar-refractivity contribution in [2.45, 2.75) is 38.6 Å². The molecule has 0 aliphatic carbocycles. The van der Waals surface area contributed by atoms with Gasteiger partial charge in [-0.3, -0.25) is 4.79 Å². The van der Waals surface area contributed by atoms with Crippen LogP contribution in [0.2, 0.25) is 5.02 Å². The Hall–Kier alpha value is -1.55. The summed E-state index contributed by atoms with van der Waals surface area (Å²) >= 11 is 5.97. The standard InChI is InChI=1S/C24H29ClN2O.ClH/c25-22-10-8-21(9-11-22)19-27-18-14-24(23(27)28)12-16-26(17-13-24)15-4-7-20-5-2-1-3-6-20;/h1-3,5-6,8-11H,4,7,12-19H2;1H. The third-order valence-corrected chi connectivity index (χ3v) is 6.74. The van der Waals surface area contributed by atoms with E-state index in [9.17, 15) is 4.79 Å². The molecule has 0 N–H and O–H groups in total. The van der Waals surface area contributed by atoms with Crippen molar-refractivity contribution < 1.29 is 4.79 Å². The first-order valence-electron chi connectivity index (χ1n) is 10.4. The number of hydrogen-bond donors (Lipinski definition) is 0. The van der Waals surface area contributed by atoms with Gasteiger partial charge in [0.15, 0.2) is 0 Å². The summed E-state index contributed by atoms with van der Waals surface area (Å²) in [7, 11) is 0. The van der Waals surface area contributed by atoms with E-state index in [4.69, 9.17) is 11.6 Å². The van der Waals surface area contributed by atoms with Crippen LogP contribution >= 0.6 is 24.0 Å². The molecule has 1 amide bonds. The van der Waals surface area contributed by atoms with Crippen LogP contribution in [-0.4, -0.2) is 41.9 Å². The molecule has 0 radical (unpaired) electrons. The van der Waals surface area contributed by atoms with Gasteiger partial charge >= 0.3 is 0 Å². The molecule has 0 bridgehead atoms. The van der Waals surface area contributed by atoms with Crippen LogP contribution in [0.25, 0.3) is 0 Å². The van der Waals surface area contributed by atoms with E-state index < -0.39 is 0 Å². The van der Waals surface area contributed by atoms with Crippen molar-refractivity contribution >= 4 is 29.9 Å². The van der Waals surface area contributed by atoms with E-state index in [1.165, 1.54) is 12.0 Å². The zero-order chi connectivity index (χ0) is 19.4. The Labute approximate surface area is 185 Å². The fourth-order valence-electron chi connectivity index (χ4n) is 4.67. The van der Waals surface area contributed by atoms with Gasteiger partial charge in [0.1, 0.15) is 0 Å². The van der Waals surface area contributed by atoms with Crippen molar-refractivity contribution in [3.8, 4) is 0 Å². The molecule has 1 spiro atoms. The quantitative estimate of drug-likeness (QED) is 0.625. The van der Waals surface area contributed by atoms with E-state index in [2.05, 4.69) is 35.2 Å². The summed E-state index contributed by atoms with van der Waals surface area (Å²) in [6, 6.07) is 18.6. The zero-order valence-electron chi connectivity index (χ0n) is 16.9. The lowest BCUT2D eigenvalue weighted by atomic mass is 9.77. The van der Waals surface area contributed by atoms with E-state index in [1.807, 2.05) is 29.2 Å². The van der Waals surface area contributed by atoms with Gasteiger partial charge in [0.25, 0.3) is 0 Å². The molecule has 0 saturated carbocycles. The molecule has 2 aliphatic rings. The van der Waals surface area contributed by atoms with Gasteiger partial charge in [0, 0.05) is 18.1 Å². The summed E-state index contributed by atoms with van der Waals surface area (Å²) in [6.07, 6.45) is 5.35. The predicted octanol–water partition coefficient (Wildman–Crippen LogP) is 5.21. The average Bonchev–Trinajstić information content (AvgIpc) is 3.02. The molecule has 0 atom stereocenters. The molecule has 29 heavy (non-hydrogen) atoms. The number of amides is 1. The van der Waals surface area contributed by atoms with Crippen LogP contribution in [0.5, 0.6) is 0 Å². The third-order valence-electron chi connectivity index (χ3n) is 6.48. The molecule has 3 nitrogen and oxygen atoms in total. The zero-order valence-corrected chi connectivity index (χ0v) is 18.4.